The number of aromatic amines is 1. The summed E-state index contributed by atoms with van der Waals surface area (Å²) >= 11 is 5.11. The zero-order chi connectivity index (χ0) is 13.2. The smallest absolute Gasteiger partial charge is 0.245 e. The van der Waals surface area contributed by atoms with Gasteiger partial charge in [-0.1, -0.05) is 0 Å². The number of piperidine rings is 1. The van der Waals surface area contributed by atoms with Crippen LogP contribution in [0.2, 0.25) is 0 Å². The molecule has 3 heterocycles. The van der Waals surface area contributed by atoms with Gasteiger partial charge in [-0.15, -0.1) is 16.4 Å². The van der Waals surface area contributed by atoms with Crippen LogP contribution >= 0.6 is 27.3 Å². The summed E-state index contributed by atoms with van der Waals surface area (Å²) < 4.78 is 1.10. The summed E-state index contributed by atoms with van der Waals surface area (Å²) in [7, 11) is 0. The Hall–Kier alpha value is -0.920. The maximum absolute atomic E-state index is 5.76. The molecule has 1 unspecified atom stereocenters. The number of aromatic nitrogens is 3. The molecule has 0 radical (unpaired) electrons. The highest BCUT2D eigenvalue weighted by atomic mass is 79.9. The van der Waals surface area contributed by atoms with Crippen molar-refractivity contribution in [3.8, 4) is 11.4 Å². The van der Waals surface area contributed by atoms with E-state index in [0.29, 0.717) is 5.92 Å². The molecular formula is C12H16BrN5S. The zero-order valence-corrected chi connectivity index (χ0v) is 12.9. The van der Waals surface area contributed by atoms with E-state index in [1.54, 1.807) is 11.3 Å². The summed E-state index contributed by atoms with van der Waals surface area (Å²) in [5.74, 6) is 2.17. The molecule has 3 N–H and O–H groups in total. The van der Waals surface area contributed by atoms with Crippen LogP contribution in [-0.2, 0) is 0 Å². The Bertz CT molecular complexity index is 552. The van der Waals surface area contributed by atoms with E-state index in [0.717, 1.165) is 47.2 Å². The summed E-state index contributed by atoms with van der Waals surface area (Å²) in [5, 5.41) is 9.41. The first kappa shape index (κ1) is 13.1. The van der Waals surface area contributed by atoms with E-state index in [9.17, 15) is 0 Å². The lowest BCUT2D eigenvalue weighted by Gasteiger charge is -2.31. The molecule has 19 heavy (non-hydrogen) atoms. The molecule has 0 amide bonds. The minimum atomic E-state index is 0.561. The Morgan fingerprint density at radius 1 is 1.58 bits per heavy atom. The van der Waals surface area contributed by atoms with E-state index < -0.39 is 0 Å². The van der Waals surface area contributed by atoms with Crippen LogP contribution in [0.1, 0.15) is 12.8 Å². The van der Waals surface area contributed by atoms with Gasteiger partial charge >= 0.3 is 0 Å². The van der Waals surface area contributed by atoms with Gasteiger partial charge in [-0.25, -0.2) is 0 Å². The topological polar surface area (TPSA) is 70.8 Å². The van der Waals surface area contributed by atoms with Crippen molar-refractivity contribution in [2.75, 3.05) is 24.5 Å². The summed E-state index contributed by atoms with van der Waals surface area (Å²) in [4.78, 5) is 6.82. The summed E-state index contributed by atoms with van der Waals surface area (Å²) in [6, 6.07) is 2.05. The Kier molecular flexibility index (Phi) is 3.86. The lowest BCUT2D eigenvalue weighted by atomic mass is 9.99. The fraction of sp³-hybridized carbons (Fsp3) is 0.500. The molecule has 1 aliphatic heterocycles. The fourth-order valence-electron chi connectivity index (χ4n) is 2.40. The largest absolute Gasteiger partial charge is 0.339 e. The molecule has 7 heteroatoms. The summed E-state index contributed by atoms with van der Waals surface area (Å²) in [6.45, 7) is 2.72. The van der Waals surface area contributed by atoms with Crippen molar-refractivity contribution >= 4 is 33.2 Å². The Labute approximate surface area is 124 Å². The van der Waals surface area contributed by atoms with Gasteiger partial charge in [0.05, 0.1) is 3.79 Å². The second kappa shape index (κ2) is 5.60. The van der Waals surface area contributed by atoms with Gasteiger partial charge in [0.25, 0.3) is 0 Å². The van der Waals surface area contributed by atoms with Crippen LogP contribution in [0.5, 0.6) is 0 Å². The number of H-pyrrole nitrogens is 1. The van der Waals surface area contributed by atoms with Crippen LogP contribution in [0.25, 0.3) is 11.4 Å². The second-order valence-electron chi connectivity index (χ2n) is 4.81. The normalized spacial score (nSPS) is 19.9. The van der Waals surface area contributed by atoms with Crippen molar-refractivity contribution in [2.24, 2.45) is 11.7 Å². The number of nitrogens with one attached hydrogen (secondary N) is 1. The van der Waals surface area contributed by atoms with Gasteiger partial charge in [-0.3, -0.25) is 5.10 Å². The minimum Gasteiger partial charge on any atom is -0.339 e. The zero-order valence-electron chi connectivity index (χ0n) is 10.5. The third-order valence-electron chi connectivity index (χ3n) is 3.45. The number of nitrogens with two attached hydrogens (primary N) is 1. The average molecular weight is 342 g/mol. The molecule has 3 rings (SSSR count). The van der Waals surface area contributed by atoms with Crippen molar-refractivity contribution in [1.29, 1.82) is 0 Å². The monoisotopic (exact) mass is 341 g/mol. The summed E-state index contributed by atoms with van der Waals surface area (Å²) in [6.07, 6.45) is 2.37. The lowest BCUT2D eigenvalue weighted by molar-refractivity contribution is 0.420. The maximum Gasteiger partial charge on any atom is 0.245 e. The molecule has 0 aliphatic carbocycles. The van der Waals surface area contributed by atoms with E-state index in [-0.39, 0.29) is 0 Å². The van der Waals surface area contributed by atoms with Gasteiger partial charge in [0.2, 0.25) is 5.95 Å². The van der Waals surface area contributed by atoms with Gasteiger partial charge in [-0.05, 0) is 47.3 Å². The predicted molar refractivity (Wildman–Crippen MR) is 81.4 cm³/mol. The molecule has 0 bridgehead atoms. The van der Waals surface area contributed by atoms with Crippen molar-refractivity contribution in [2.45, 2.75) is 12.8 Å². The number of hydrogen-bond donors (Lipinski definition) is 2. The van der Waals surface area contributed by atoms with Gasteiger partial charge < -0.3 is 10.6 Å². The molecule has 1 saturated heterocycles. The highest BCUT2D eigenvalue weighted by Gasteiger charge is 2.22. The van der Waals surface area contributed by atoms with Crippen LogP contribution in [0, 0.1) is 5.92 Å². The standard InChI is InChI=1S/C12H16BrN5S/c13-10-4-9(7-19-10)11-15-12(17-16-11)18-3-1-2-8(5-14)6-18/h4,7-8H,1-3,5-6,14H2,(H,15,16,17). The van der Waals surface area contributed by atoms with E-state index in [1.165, 1.54) is 6.42 Å². The minimum absolute atomic E-state index is 0.561. The number of rotatable bonds is 3. The lowest BCUT2D eigenvalue weighted by Crippen LogP contribution is -2.38. The Balaban J connectivity index is 1.77. The molecule has 2 aromatic rings. The Morgan fingerprint density at radius 2 is 2.47 bits per heavy atom. The third-order valence-corrected chi connectivity index (χ3v) is 4.95. The fourth-order valence-corrected chi connectivity index (χ4v) is 3.54. The summed E-state index contributed by atoms with van der Waals surface area (Å²) in [5.41, 5.74) is 6.84. The number of halogens is 1. The molecule has 102 valence electrons. The van der Waals surface area contributed by atoms with Crippen LogP contribution < -0.4 is 10.6 Å². The number of thiophene rings is 1. The van der Waals surface area contributed by atoms with Crippen molar-refractivity contribution in [3.63, 3.8) is 0 Å². The van der Waals surface area contributed by atoms with Gasteiger partial charge in [0, 0.05) is 24.0 Å². The number of anilines is 1. The van der Waals surface area contributed by atoms with Crippen molar-refractivity contribution in [3.05, 3.63) is 15.2 Å². The molecule has 0 aromatic carbocycles. The molecule has 5 nitrogen and oxygen atoms in total. The van der Waals surface area contributed by atoms with Crippen molar-refractivity contribution < 1.29 is 0 Å². The van der Waals surface area contributed by atoms with Crippen LogP contribution in [-0.4, -0.2) is 34.8 Å². The van der Waals surface area contributed by atoms with Crippen LogP contribution in [0.4, 0.5) is 5.95 Å². The van der Waals surface area contributed by atoms with Crippen molar-refractivity contribution in [1.82, 2.24) is 15.2 Å². The highest BCUT2D eigenvalue weighted by molar-refractivity contribution is 9.11. The molecule has 0 saturated carbocycles. The van der Waals surface area contributed by atoms with E-state index >= 15 is 0 Å². The maximum atomic E-state index is 5.76. The third kappa shape index (κ3) is 2.82. The van der Waals surface area contributed by atoms with Gasteiger partial charge in [0.1, 0.15) is 0 Å². The number of nitrogens with zero attached hydrogens (tertiary/aromatic N) is 3. The highest BCUT2D eigenvalue weighted by Crippen LogP contribution is 2.28. The first-order chi connectivity index (χ1) is 9.26. The molecular weight excluding hydrogens is 326 g/mol. The molecule has 1 aliphatic rings. The predicted octanol–water partition coefficient (Wildman–Crippen LogP) is 2.47. The number of hydrogen-bond acceptors (Lipinski definition) is 5. The van der Waals surface area contributed by atoms with Gasteiger partial charge in [-0.2, -0.15) is 4.98 Å². The van der Waals surface area contributed by atoms with E-state index in [1.807, 2.05) is 6.07 Å². The molecule has 0 spiro atoms. The van der Waals surface area contributed by atoms with Gasteiger partial charge in [0.15, 0.2) is 5.82 Å². The molecule has 1 fully saturated rings. The van der Waals surface area contributed by atoms with E-state index in [4.69, 9.17) is 5.73 Å². The molecule has 1 atom stereocenters. The Morgan fingerprint density at radius 3 is 3.21 bits per heavy atom. The van der Waals surface area contributed by atoms with Crippen LogP contribution in [0.3, 0.4) is 0 Å². The second-order valence-corrected chi connectivity index (χ2v) is 7.10. The SMILES string of the molecule is NCC1CCCN(c2n[nH]c(-c3csc(Br)c3)n2)C1. The van der Waals surface area contributed by atoms with Crippen LogP contribution in [0.15, 0.2) is 15.2 Å². The average Bonchev–Trinajstić information content (AvgIpc) is 3.07. The first-order valence-electron chi connectivity index (χ1n) is 6.38. The molecule has 2 aromatic heterocycles. The van der Waals surface area contributed by atoms with E-state index in [2.05, 4.69) is 41.4 Å². The first-order valence-corrected chi connectivity index (χ1v) is 8.05. The quantitative estimate of drug-likeness (QED) is 0.899.